The van der Waals surface area contributed by atoms with Crippen molar-refractivity contribution in [3.8, 4) is 11.5 Å². The maximum atomic E-state index is 15.2. The Bertz CT molecular complexity index is 2060. The van der Waals surface area contributed by atoms with Gasteiger partial charge in [0.25, 0.3) is 11.8 Å². The molecule has 0 spiro atoms. The van der Waals surface area contributed by atoms with E-state index >= 15 is 8.78 Å². The number of amides is 4. The molecule has 3 fully saturated rings. The van der Waals surface area contributed by atoms with Gasteiger partial charge in [-0.05, 0) is 78.6 Å². The van der Waals surface area contributed by atoms with E-state index in [2.05, 4.69) is 22.6 Å². The summed E-state index contributed by atoms with van der Waals surface area (Å²) in [5.41, 5.74) is -1.55. The molecule has 0 bridgehead atoms. The average molecular weight is 847 g/mol. The van der Waals surface area contributed by atoms with E-state index in [0.717, 1.165) is 8.47 Å². The van der Waals surface area contributed by atoms with E-state index in [-0.39, 0.29) is 40.5 Å². The molecule has 6 atom stereocenters. The van der Waals surface area contributed by atoms with Gasteiger partial charge in [-0.2, -0.15) is 0 Å². The fourth-order valence-corrected chi connectivity index (χ4v) is 9.09. The van der Waals surface area contributed by atoms with E-state index in [1.807, 2.05) is 0 Å². The Kier molecular flexibility index (Phi) is 8.26. The third kappa shape index (κ3) is 4.46. The minimum atomic E-state index is -2.77. The maximum Gasteiger partial charge on any atom is 0.258 e. The van der Waals surface area contributed by atoms with Crippen LogP contribution < -0.4 is 14.5 Å². The maximum absolute atomic E-state index is 15.2. The highest BCUT2D eigenvalue weighted by Crippen LogP contribution is 2.67. The number of para-hydroxylation sites is 1. The lowest BCUT2D eigenvalue weighted by atomic mass is 9.56. The number of phenolic OH excluding ortho intramolecular Hbond substituents is 1. The van der Waals surface area contributed by atoms with Crippen LogP contribution in [0.1, 0.15) is 31.2 Å². The third-order valence-corrected chi connectivity index (χ3v) is 12.1. The molecule has 4 aliphatic rings. The van der Waals surface area contributed by atoms with Crippen molar-refractivity contribution >= 4 is 80.8 Å². The molecular weight excluding hydrogens is 825 g/mol. The number of anilines is 2. The van der Waals surface area contributed by atoms with Gasteiger partial charge < -0.3 is 9.84 Å². The zero-order valence-corrected chi connectivity index (χ0v) is 29.1. The van der Waals surface area contributed by atoms with Gasteiger partial charge >= 0.3 is 0 Å². The van der Waals surface area contributed by atoms with Gasteiger partial charge in [-0.25, -0.2) is 26.9 Å². The van der Waals surface area contributed by atoms with Crippen molar-refractivity contribution < 1.29 is 51.0 Å². The van der Waals surface area contributed by atoms with E-state index in [0.29, 0.717) is 0 Å². The average Bonchev–Trinajstić information content (AvgIpc) is 3.43. The number of ether oxygens (including phenoxy) is 1. The number of alkyl halides is 2. The van der Waals surface area contributed by atoms with E-state index in [1.54, 1.807) is 37.3 Å². The van der Waals surface area contributed by atoms with E-state index < -0.39 is 104 Å². The number of halogens is 8. The molecule has 7 rings (SSSR count). The first-order valence-corrected chi connectivity index (χ1v) is 17.0. The Morgan fingerprint density at radius 1 is 0.860 bits per heavy atom. The van der Waals surface area contributed by atoms with E-state index in [1.165, 1.54) is 18.2 Å². The molecule has 1 saturated carbocycles. The minimum Gasteiger partial charge on any atom is -0.504 e. The van der Waals surface area contributed by atoms with Gasteiger partial charge in [0, 0.05) is 15.1 Å². The minimum absolute atomic E-state index is 0.0455. The molecule has 3 aromatic rings. The highest BCUT2D eigenvalue weighted by Gasteiger charge is 2.77. The van der Waals surface area contributed by atoms with E-state index in [9.17, 15) is 37.5 Å². The number of imide groups is 2. The molecular formula is C34H22Cl2F5IN2O6. The van der Waals surface area contributed by atoms with Crippen LogP contribution in [0.15, 0.2) is 54.1 Å². The number of rotatable bonds is 5. The summed E-state index contributed by atoms with van der Waals surface area (Å²) in [5, 5.41) is 11.4. The molecule has 2 heterocycles. The van der Waals surface area contributed by atoms with Gasteiger partial charge in [-0.3, -0.25) is 24.1 Å². The first-order chi connectivity index (χ1) is 23.6. The molecule has 0 unspecified atom stereocenters. The number of aromatic hydroxyl groups is 1. The highest BCUT2D eigenvalue weighted by atomic mass is 127. The fraction of sp³-hybridized carbons (Fsp3) is 0.294. The van der Waals surface area contributed by atoms with Gasteiger partial charge in [0.15, 0.2) is 44.5 Å². The van der Waals surface area contributed by atoms with Crippen LogP contribution in [0.3, 0.4) is 0 Å². The Morgan fingerprint density at radius 3 is 2.10 bits per heavy atom. The second-order valence-electron chi connectivity index (χ2n) is 12.3. The molecule has 260 valence electrons. The Balaban J connectivity index is 1.45. The van der Waals surface area contributed by atoms with Crippen LogP contribution in [0.25, 0.3) is 0 Å². The molecule has 16 heteroatoms. The predicted octanol–water partition coefficient (Wildman–Crippen LogP) is 6.86. The zero-order valence-electron chi connectivity index (χ0n) is 25.5. The summed E-state index contributed by atoms with van der Waals surface area (Å²) in [7, 11) is 0. The molecule has 1 N–H and O–H groups in total. The predicted molar refractivity (Wildman–Crippen MR) is 177 cm³/mol. The normalized spacial score (nSPS) is 28.9. The summed E-state index contributed by atoms with van der Waals surface area (Å²) in [6, 6.07) is 10.7. The molecule has 2 aliphatic heterocycles. The van der Waals surface area contributed by atoms with Crippen LogP contribution >= 0.6 is 45.8 Å². The van der Waals surface area contributed by atoms with Crippen molar-refractivity contribution in [2.45, 2.75) is 35.4 Å². The SMILES string of the molecule is CCOc1cccc([C@H]2C3=CC[C@@H]4C(=O)N(c5ccc(I)cc5)C(=O)[C@@H]4[C@@H]3C[C@@]3(Cl)C(=O)N(c4c(F)c(F)c(F)c(F)c4F)C(=O)[C@@]23Cl)c1O. The lowest BCUT2D eigenvalue weighted by Gasteiger charge is -2.50. The van der Waals surface area contributed by atoms with Crippen molar-refractivity contribution in [2.24, 2.45) is 17.8 Å². The van der Waals surface area contributed by atoms with Gasteiger partial charge in [0.2, 0.25) is 17.6 Å². The fourth-order valence-electron chi connectivity index (χ4n) is 7.80. The smallest absolute Gasteiger partial charge is 0.258 e. The number of carbonyl (C=O) groups is 4. The molecule has 0 aromatic heterocycles. The third-order valence-electron chi connectivity index (χ3n) is 9.95. The Morgan fingerprint density at radius 2 is 1.48 bits per heavy atom. The van der Waals surface area contributed by atoms with Crippen LogP contribution in [0, 0.1) is 50.4 Å². The summed E-state index contributed by atoms with van der Waals surface area (Å²) in [5.74, 6) is -22.3. The molecule has 8 nitrogen and oxygen atoms in total. The van der Waals surface area contributed by atoms with Crippen molar-refractivity contribution in [1.82, 2.24) is 0 Å². The van der Waals surface area contributed by atoms with Crippen molar-refractivity contribution in [2.75, 3.05) is 16.4 Å². The summed E-state index contributed by atoms with van der Waals surface area (Å²) in [6.45, 7) is 1.71. The van der Waals surface area contributed by atoms with Crippen molar-refractivity contribution in [1.29, 1.82) is 0 Å². The zero-order chi connectivity index (χ0) is 36.2. The molecule has 0 radical (unpaired) electrons. The van der Waals surface area contributed by atoms with Crippen LogP contribution in [0.2, 0.25) is 0 Å². The summed E-state index contributed by atoms with van der Waals surface area (Å²) in [6.07, 6.45) is 0.838. The first-order valence-electron chi connectivity index (χ1n) is 15.2. The largest absolute Gasteiger partial charge is 0.504 e. The molecule has 2 aliphatic carbocycles. The summed E-state index contributed by atoms with van der Waals surface area (Å²) in [4.78, 5) is 51.9. The molecule has 50 heavy (non-hydrogen) atoms. The first kappa shape index (κ1) is 34.7. The van der Waals surface area contributed by atoms with Crippen LogP contribution in [-0.2, 0) is 19.2 Å². The number of nitrogens with zero attached hydrogens (tertiary/aromatic N) is 2. The molecule has 3 aromatic carbocycles. The second kappa shape index (κ2) is 11.9. The number of carbonyl (C=O) groups excluding carboxylic acids is 4. The number of allylic oxidation sites excluding steroid dienone is 2. The van der Waals surface area contributed by atoms with Gasteiger partial charge in [0.05, 0.1) is 24.1 Å². The van der Waals surface area contributed by atoms with E-state index in [4.69, 9.17) is 27.9 Å². The summed E-state index contributed by atoms with van der Waals surface area (Å²) >= 11 is 16.3. The van der Waals surface area contributed by atoms with Gasteiger partial charge in [-0.1, -0.05) is 23.8 Å². The Hall–Kier alpha value is -3.76. The van der Waals surface area contributed by atoms with Crippen LogP contribution in [-0.4, -0.2) is 45.1 Å². The van der Waals surface area contributed by atoms with Gasteiger partial charge in [0.1, 0.15) is 5.69 Å². The van der Waals surface area contributed by atoms with Crippen molar-refractivity contribution in [3.63, 3.8) is 0 Å². The highest BCUT2D eigenvalue weighted by molar-refractivity contribution is 14.1. The number of benzene rings is 3. The van der Waals surface area contributed by atoms with Crippen LogP contribution in [0.5, 0.6) is 11.5 Å². The number of phenols is 1. The number of hydrogen-bond donors (Lipinski definition) is 1. The molecule has 2 saturated heterocycles. The number of fused-ring (bicyclic) bond motifs is 4. The lowest BCUT2D eigenvalue weighted by molar-refractivity contribution is -0.125. The monoisotopic (exact) mass is 846 g/mol. The van der Waals surface area contributed by atoms with Crippen LogP contribution in [0.4, 0.5) is 33.3 Å². The number of hydrogen-bond acceptors (Lipinski definition) is 6. The topological polar surface area (TPSA) is 104 Å². The van der Waals surface area contributed by atoms with Crippen molar-refractivity contribution in [3.05, 3.63) is 92.3 Å². The second-order valence-corrected chi connectivity index (χ2v) is 14.8. The Labute approximate surface area is 303 Å². The quantitative estimate of drug-likeness (QED) is 0.0573. The molecule has 4 amide bonds. The lowest BCUT2D eigenvalue weighted by Crippen LogP contribution is -2.60. The van der Waals surface area contributed by atoms with Gasteiger partial charge in [-0.15, -0.1) is 23.2 Å². The summed E-state index contributed by atoms with van der Waals surface area (Å²) < 4.78 is 79.8. The standard InChI is InChI=1S/C34H22Cl2F5IN2O6/c1-2-50-19-5-3-4-17(28(19)45)21-15-10-11-16-20(30(47)43(29(16)46)14-8-6-13(42)7-9-14)18(15)12-33(35)31(48)44(32(49)34(21,33)36)27-25(40)23(38)22(37)24(39)26(27)41/h3-10,16,18,20-21,45H,2,11-12H2,1H3/t16-,18+,20-,21+,33+,34-/m0/s1.